The van der Waals surface area contributed by atoms with Crippen LogP contribution < -0.4 is 9.47 Å². The zero-order chi connectivity index (χ0) is 32.5. The Morgan fingerprint density at radius 2 is 1.60 bits per heavy atom. The van der Waals surface area contributed by atoms with Crippen LogP contribution in [-0.2, 0) is 20.4 Å². The number of alkyl halides is 3. The van der Waals surface area contributed by atoms with E-state index in [1.165, 1.54) is 26.2 Å². The van der Waals surface area contributed by atoms with E-state index in [2.05, 4.69) is 4.74 Å². The number of benzene rings is 3. The number of carboxylic acids is 1. The molecule has 3 aromatic rings. The van der Waals surface area contributed by atoms with Gasteiger partial charge in [-0.3, -0.25) is 10.1 Å². The van der Waals surface area contributed by atoms with Gasteiger partial charge in [0, 0.05) is 12.1 Å². The molecule has 3 rings (SSSR count). The molecule has 0 radical (unpaired) electrons. The molecule has 230 valence electrons. The van der Waals surface area contributed by atoms with Crippen molar-refractivity contribution in [3.05, 3.63) is 90.4 Å². The van der Waals surface area contributed by atoms with Crippen molar-refractivity contribution in [3.8, 4) is 17.2 Å². The molecule has 0 aliphatic heterocycles. The number of carbonyl (C=O) groups excluding carboxylic acids is 2. The normalized spacial score (nSPS) is 10.6. The van der Waals surface area contributed by atoms with Crippen molar-refractivity contribution in [3.63, 3.8) is 0 Å². The Morgan fingerprint density at radius 1 is 0.953 bits per heavy atom. The maximum atomic E-state index is 12.7. The summed E-state index contributed by atoms with van der Waals surface area (Å²) >= 11 is 17.2. The van der Waals surface area contributed by atoms with E-state index in [1.807, 2.05) is 0 Å². The van der Waals surface area contributed by atoms with Gasteiger partial charge in [-0.15, -0.1) is 0 Å². The van der Waals surface area contributed by atoms with Gasteiger partial charge in [0.1, 0.15) is 22.6 Å². The standard InChI is InChI=1S/C18H13ClF3NO7.C8H6Cl2O3/c1-2-28-16(24)9-29-17(25)12-8-11(4-5-14(12)23(26)27)30-15-6-3-10(7-13(15)19)18(20,21)22;1-13-7-5(10)3-2-4(9)6(7)8(11)12/h3-8H,2,9H2,1H3;2-3H,1H3,(H,11,12). The third kappa shape index (κ3) is 9.63. The Balaban J connectivity index is 0.000000413. The Labute approximate surface area is 255 Å². The molecule has 0 aliphatic rings. The lowest BCUT2D eigenvalue weighted by molar-refractivity contribution is -0.385. The van der Waals surface area contributed by atoms with Gasteiger partial charge < -0.3 is 24.1 Å². The maximum absolute atomic E-state index is 12.7. The zero-order valence-electron chi connectivity index (χ0n) is 21.9. The second kappa shape index (κ2) is 15.3. The number of halogens is 6. The van der Waals surface area contributed by atoms with E-state index in [0.29, 0.717) is 6.07 Å². The number of aromatic carboxylic acids is 1. The molecule has 17 heteroatoms. The van der Waals surface area contributed by atoms with E-state index in [0.717, 1.165) is 30.3 Å². The summed E-state index contributed by atoms with van der Waals surface area (Å²) in [6.07, 6.45) is -4.61. The summed E-state index contributed by atoms with van der Waals surface area (Å²) in [5.41, 5.74) is -2.27. The van der Waals surface area contributed by atoms with Gasteiger partial charge in [0.2, 0.25) is 0 Å². The topological polar surface area (TPSA) is 152 Å². The van der Waals surface area contributed by atoms with Gasteiger partial charge in [0.25, 0.3) is 5.69 Å². The van der Waals surface area contributed by atoms with Crippen molar-refractivity contribution in [1.82, 2.24) is 0 Å². The first-order valence-corrected chi connectivity index (χ1v) is 12.6. The molecule has 43 heavy (non-hydrogen) atoms. The number of carboxylic acid groups (broad SMARTS) is 1. The molecule has 0 atom stereocenters. The van der Waals surface area contributed by atoms with Crippen molar-refractivity contribution in [2.75, 3.05) is 20.3 Å². The van der Waals surface area contributed by atoms with Crippen LogP contribution in [0.2, 0.25) is 15.1 Å². The first-order chi connectivity index (χ1) is 20.1. The number of nitro benzene ring substituents is 1. The van der Waals surface area contributed by atoms with Crippen LogP contribution in [0.25, 0.3) is 0 Å². The summed E-state index contributed by atoms with van der Waals surface area (Å²) in [7, 11) is 1.34. The average molecular weight is 669 g/mol. The number of hydrogen-bond donors (Lipinski definition) is 1. The van der Waals surface area contributed by atoms with Crippen molar-refractivity contribution in [2.45, 2.75) is 13.1 Å². The number of esters is 2. The number of nitro groups is 1. The summed E-state index contributed by atoms with van der Waals surface area (Å²) in [5.74, 6) is -3.43. The minimum Gasteiger partial charge on any atom is -0.494 e. The molecule has 0 aromatic heterocycles. The van der Waals surface area contributed by atoms with Gasteiger partial charge in [0.05, 0.1) is 39.3 Å². The SMILES string of the molecule is CCOC(=O)COC(=O)c1cc(Oc2ccc(C(F)(F)F)cc2Cl)ccc1[N+](=O)[O-].COc1c(Cl)ccc(Cl)c1C(=O)O. The molecular weight excluding hydrogens is 650 g/mol. The second-order valence-electron chi connectivity index (χ2n) is 7.80. The maximum Gasteiger partial charge on any atom is 0.416 e. The summed E-state index contributed by atoms with van der Waals surface area (Å²) in [6.45, 7) is 0.825. The highest BCUT2D eigenvalue weighted by atomic mass is 35.5. The molecule has 0 amide bonds. The van der Waals surface area contributed by atoms with Crippen molar-refractivity contribution < 1.29 is 56.5 Å². The highest BCUT2D eigenvalue weighted by Gasteiger charge is 2.31. The molecule has 0 fully saturated rings. The summed E-state index contributed by atoms with van der Waals surface area (Å²) in [6, 6.07) is 8.25. The molecule has 0 spiro atoms. The van der Waals surface area contributed by atoms with Gasteiger partial charge in [-0.05, 0) is 43.3 Å². The third-order valence-electron chi connectivity index (χ3n) is 4.97. The zero-order valence-corrected chi connectivity index (χ0v) is 24.1. The largest absolute Gasteiger partial charge is 0.494 e. The van der Waals surface area contributed by atoms with Crippen LogP contribution in [0.5, 0.6) is 17.2 Å². The van der Waals surface area contributed by atoms with Gasteiger partial charge in [0.15, 0.2) is 12.4 Å². The molecule has 0 saturated heterocycles. The van der Waals surface area contributed by atoms with Crippen LogP contribution in [0.15, 0.2) is 48.5 Å². The molecule has 0 heterocycles. The Morgan fingerprint density at radius 3 is 2.12 bits per heavy atom. The van der Waals surface area contributed by atoms with Crippen LogP contribution in [0, 0.1) is 10.1 Å². The van der Waals surface area contributed by atoms with Gasteiger partial charge in [-0.25, -0.2) is 14.4 Å². The Kier molecular flexibility index (Phi) is 12.4. The fourth-order valence-corrected chi connectivity index (χ4v) is 3.81. The molecule has 0 aliphatic carbocycles. The molecule has 1 N–H and O–H groups in total. The van der Waals surface area contributed by atoms with E-state index < -0.39 is 52.4 Å². The van der Waals surface area contributed by atoms with E-state index in [4.69, 9.17) is 54.1 Å². The quantitative estimate of drug-likeness (QED) is 0.138. The minimum absolute atomic E-state index is 0.0493. The van der Waals surface area contributed by atoms with Crippen LogP contribution in [0.4, 0.5) is 18.9 Å². The molecule has 11 nitrogen and oxygen atoms in total. The monoisotopic (exact) mass is 667 g/mol. The number of carbonyl (C=O) groups is 3. The lowest BCUT2D eigenvalue weighted by Gasteiger charge is -2.12. The predicted molar refractivity (Wildman–Crippen MR) is 147 cm³/mol. The second-order valence-corrected chi connectivity index (χ2v) is 9.03. The summed E-state index contributed by atoms with van der Waals surface area (Å²) in [4.78, 5) is 44.5. The molecule has 0 bridgehead atoms. The lowest BCUT2D eigenvalue weighted by Crippen LogP contribution is -2.17. The van der Waals surface area contributed by atoms with Crippen LogP contribution in [0.1, 0.15) is 33.2 Å². The van der Waals surface area contributed by atoms with Gasteiger partial charge in [-0.2, -0.15) is 13.2 Å². The van der Waals surface area contributed by atoms with Crippen LogP contribution in [0.3, 0.4) is 0 Å². The van der Waals surface area contributed by atoms with E-state index >= 15 is 0 Å². The molecule has 3 aromatic carbocycles. The van der Waals surface area contributed by atoms with Crippen molar-refractivity contribution in [2.24, 2.45) is 0 Å². The summed E-state index contributed by atoms with van der Waals surface area (Å²) in [5, 5.41) is 19.9. The first kappa shape index (κ1) is 34.9. The first-order valence-electron chi connectivity index (χ1n) is 11.5. The fraction of sp³-hybridized carbons (Fsp3) is 0.192. The number of rotatable bonds is 9. The predicted octanol–water partition coefficient (Wildman–Crippen LogP) is 7.48. The number of methoxy groups -OCH3 is 1. The number of nitrogens with zero attached hydrogens (tertiary/aromatic N) is 1. The van der Waals surface area contributed by atoms with Crippen molar-refractivity contribution in [1.29, 1.82) is 0 Å². The van der Waals surface area contributed by atoms with E-state index in [9.17, 15) is 37.7 Å². The minimum atomic E-state index is -4.61. The number of hydrogen-bond acceptors (Lipinski definition) is 9. The van der Waals surface area contributed by atoms with Crippen molar-refractivity contribution >= 4 is 58.4 Å². The number of ether oxygens (including phenoxy) is 4. The van der Waals surface area contributed by atoms with Crippen LogP contribution >= 0.6 is 34.8 Å². The van der Waals surface area contributed by atoms with E-state index in [-0.39, 0.29) is 44.5 Å². The van der Waals surface area contributed by atoms with E-state index in [1.54, 1.807) is 0 Å². The smallest absolute Gasteiger partial charge is 0.416 e. The fourth-order valence-electron chi connectivity index (χ4n) is 3.13. The third-order valence-corrected chi connectivity index (χ3v) is 5.88. The van der Waals surface area contributed by atoms with Crippen LogP contribution in [-0.4, -0.2) is 48.3 Å². The highest BCUT2D eigenvalue weighted by molar-refractivity contribution is 6.37. The molecular formula is C26H19Cl3F3NO10. The summed E-state index contributed by atoms with van der Waals surface area (Å²) < 4.78 is 57.6. The van der Waals surface area contributed by atoms with Gasteiger partial charge >= 0.3 is 24.1 Å². The average Bonchev–Trinajstić information content (AvgIpc) is 2.93. The molecule has 0 saturated carbocycles. The Hall–Kier alpha value is -4.27. The lowest BCUT2D eigenvalue weighted by atomic mass is 10.1. The van der Waals surface area contributed by atoms with Gasteiger partial charge in [-0.1, -0.05) is 34.8 Å². The molecule has 0 unspecified atom stereocenters. The Bertz CT molecular complexity index is 1530. The highest BCUT2D eigenvalue weighted by Crippen LogP contribution is 2.37.